The van der Waals surface area contributed by atoms with Gasteiger partial charge in [-0.3, -0.25) is 10.0 Å². The van der Waals surface area contributed by atoms with Crippen molar-refractivity contribution in [2.24, 2.45) is 0 Å². The third-order valence-electron chi connectivity index (χ3n) is 1.53. The van der Waals surface area contributed by atoms with Gasteiger partial charge in [-0.05, 0) is 30.7 Å². The molecule has 1 rings (SSSR count). The van der Waals surface area contributed by atoms with Gasteiger partial charge in [0.05, 0.1) is 0 Å². The molecule has 1 amide bonds. The molecule has 4 heteroatoms. The molecule has 0 aromatic heterocycles. The summed E-state index contributed by atoms with van der Waals surface area (Å²) in [5.41, 5.74) is 2.71. The van der Waals surface area contributed by atoms with E-state index in [9.17, 15) is 4.79 Å². The molecule has 0 fully saturated rings. The lowest BCUT2D eigenvalue weighted by atomic mass is 10.1. The summed E-state index contributed by atoms with van der Waals surface area (Å²) >= 11 is 5.67. The van der Waals surface area contributed by atoms with Crippen LogP contribution in [0, 0.1) is 6.92 Å². The standard InChI is InChI=1S/C8H8ClNO2/c1-5-4-6(9)2-3-7(5)8(11)10-12/h2-4,12H,1H3,(H,10,11). The van der Waals surface area contributed by atoms with Gasteiger partial charge in [-0.25, -0.2) is 5.48 Å². The first-order valence-electron chi connectivity index (χ1n) is 3.35. The summed E-state index contributed by atoms with van der Waals surface area (Å²) in [7, 11) is 0. The third-order valence-corrected chi connectivity index (χ3v) is 1.77. The number of aryl methyl sites for hydroxylation is 1. The van der Waals surface area contributed by atoms with Gasteiger partial charge in [0.2, 0.25) is 0 Å². The van der Waals surface area contributed by atoms with Crippen molar-refractivity contribution in [2.75, 3.05) is 0 Å². The quantitative estimate of drug-likeness (QED) is 0.518. The molecular weight excluding hydrogens is 178 g/mol. The number of carbonyl (C=O) groups excluding carboxylic acids is 1. The minimum Gasteiger partial charge on any atom is -0.288 e. The highest BCUT2D eigenvalue weighted by Crippen LogP contribution is 2.14. The topological polar surface area (TPSA) is 49.3 Å². The molecule has 0 saturated carbocycles. The Hall–Kier alpha value is -1.06. The first kappa shape index (κ1) is 9.03. The fourth-order valence-corrected chi connectivity index (χ4v) is 1.17. The zero-order chi connectivity index (χ0) is 9.14. The molecule has 0 radical (unpaired) electrons. The van der Waals surface area contributed by atoms with E-state index in [-0.39, 0.29) is 0 Å². The van der Waals surface area contributed by atoms with Crippen LogP contribution in [0.25, 0.3) is 0 Å². The highest BCUT2D eigenvalue weighted by molar-refractivity contribution is 6.30. The summed E-state index contributed by atoms with van der Waals surface area (Å²) in [6, 6.07) is 4.81. The average Bonchev–Trinajstić information content (AvgIpc) is 2.03. The maximum atomic E-state index is 10.9. The second kappa shape index (κ2) is 3.56. The summed E-state index contributed by atoms with van der Waals surface area (Å²) < 4.78 is 0. The van der Waals surface area contributed by atoms with Gasteiger partial charge in [0, 0.05) is 10.6 Å². The number of amides is 1. The number of carbonyl (C=O) groups is 1. The van der Waals surface area contributed by atoms with Gasteiger partial charge in [0.1, 0.15) is 0 Å². The smallest absolute Gasteiger partial charge is 0.274 e. The van der Waals surface area contributed by atoms with Crippen LogP contribution >= 0.6 is 11.6 Å². The second-order valence-electron chi connectivity index (χ2n) is 2.40. The molecule has 0 spiro atoms. The lowest BCUT2D eigenvalue weighted by Gasteiger charge is -2.02. The van der Waals surface area contributed by atoms with E-state index in [1.165, 1.54) is 0 Å². The van der Waals surface area contributed by atoms with E-state index in [1.54, 1.807) is 30.6 Å². The first-order valence-corrected chi connectivity index (χ1v) is 3.73. The number of nitrogens with one attached hydrogen (secondary N) is 1. The Morgan fingerprint density at radius 1 is 1.58 bits per heavy atom. The predicted octanol–water partition coefficient (Wildman–Crippen LogP) is 1.77. The SMILES string of the molecule is Cc1cc(Cl)ccc1C(=O)NO. The molecule has 0 saturated heterocycles. The van der Waals surface area contributed by atoms with Crippen LogP contribution in [0.5, 0.6) is 0 Å². The molecule has 1 aromatic rings. The average molecular weight is 186 g/mol. The molecule has 0 aliphatic rings. The molecule has 0 bridgehead atoms. The molecule has 0 atom stereocenters. The van der Waals surface area contributed by atoms with E-state index in [2.05, 4.69) is 0 Å². The van der Waals surface area contributed by atoms with Crippen LogP contribution < -0.4 is 5.48 Å². The van der Waals surface area contributed by atoms with Crippen LogP contribution in [0.2, 0.25) is 5.02 Å². The maximum Gasteiger partial charge on any atom is 0.274 e. The highest BCUT2D eigenvalue weighted by atomic mass is 35.5. The summed E-state index contributed by atoms with van der Waals surface area (Å²) in [6.45, 7) is 1.75. The predicted molar refractivity (Wildman–Crippen MR) is 45.4 cm³/mol. The molecule has 0 aliphatic heterocycles. The van der Waals surface area contributed by atoms with E-state index in [1.807, 2.05) is 0 Å². The Labute approximate surface area is 74.9 Å². The highest BCUT2D eigenvalue weighted by Gasteiger charge is 2.06. The number of hydrogen-bond acceptors (Lipinski definition) is 2. The van der Waals surface area contributed by atoms with E-state index in [0.717, 1.165) is 5.56 Å². The molecule has 0 unspecified atom stereocenters. The summed E-state index contributed by atoms with van der Waals surface area (Å²) in [5, 5.41) is 8.92. The van der Waals surface area contributed by atoms with Crippen LogP contribution in [-0.2, 0) is 0 Å². The Morgan fingerprint density at radius 2 is 2.25 bits per heavy atom. The van der Waals surface area contributed by atoms with Crippen molar-refractivity contribution in [3.63, 3.8) is 0 Å². The van der Waals surface area contributed by atoms with Crippen LogP contribution in [0.1, 0.15) is 15.9 Å². The maximum absolute atomic E-state index is 10.9. The van der Waals surface area contributed by atoms with Gasteiger partial charge in [-0.2, -0.15) is 0 Å². The summed E-state index contributed by atoms with van der Waals surface area (Å²) in [4.78, 5) is 10.9. The van der Waals surface area contributed by atoms with Crippen LogP contribution in [-0.4, -0.2) is 11.1 Å². The molecule has 0 heterocycles. The van der Waals surface area contributed by atoms with Crippen LogP contribution in [0.15, 0.2) is 18.2 Å². The lowest BCUT2D eigenvalue weighted by Crippen LogP contribution is -2.19. The van der Waals surface area contributed by atoms with E-state index < -0.39 is 5.91 Å². The van der Waals surface area contributed by atoms with Crippen molar-refractivity contribution in [1.82, 2.24) is 5.48 Å². The lowest BCUT2D eigenvalue weighted by molar-refractivity contribution is 0.0705. The summed E-state index contributed by atoms with van der Waals surface area (Å²) in [6.07, 6.45) is 0. The molecule has 2 N–H and O–H groups in total. The van der Waals surface area contributed by atoms with Gasteiger partial charge < -0.3 is 0 Å². The minimum atomic E-state index is -0.524. The van der Waals surface area contributed by atoms with Crippen molar-refractivity contribution in [3.8, 4) is 0 Å². The van der Waals surface area contributed by atoms with Gasteiger partial charge in [-0.15, -0.1) is 0 Å². The van der Waals surface area contributed by atoms with Crippen LogP contribution in [0.4, 0.5) is 0 Å². The largest absolute Gasteiger partial charge is 0.288 e. The molecule has 3 nitrogen and oxygen atoms in total. The third kappa shape index (κ3) is 1.75. The van der Waals surface area contributed by atoms with Crippen molar-refractivity contribution >= 4 is 17.5 Å². The fourth-order valence-electron chi connectivity index (χ4n) is 0.942. The molecule has 12 heavy (non-hydrogen) atoms. The van der Waals surface area contributed by atoms with E-state index >= 15 is 0 Å². The Bertz CT molecular complexity index is 312. The zero-order valence-corrected chi connectivity index (χ0v) is 7.22. The summed E-state index contributed by atoms with van der Waals surface area (Å²) in [5.74, 6) is -0.524. The Morgan fingerprint density at radius 3 is 2.75 bits per heavy atom. The number of halogens is 1. The second-order valence-corrected chi connectivity index (χ2v) is 2.84. The first-order chi connectivity index (χ1) is 5.65. The molecule has 64 valence electrons. The molecule has 0 aliphatic carbocycles. The number of hydrogen-bond donors (Lipinski definition) is 2. The normalized spacial score (nSPS) is 9.58. The fraction of sp³-hybridized carbons (Fsp3) is 0.125. The van der Waals surface area contributed by atoms with Gasteiger partial charge >= 0.3 is 0 Å². The van der Waals surface area contributed by atoms with E-state index in [0.29, 0.717) is 10.6 Å². The van der Waals surface area contributed by atoms with Crippen molar-refractivity contribution in [1.29, 1.82) is 0 Å². The van der Waals surface area contributed by atoms with Gasteiger partial charge in [0.25, 0.3) is 5.91 Å². The van der Waals surface area contributed by atoms with Crippen molar-refractivity contribution in [3.05, 3.63) is 34.3 Å². The number of hydroxylamine groups is 1. The van der Waals surface area contributed by atoms with E-state index in [4.69, 9.17) is 16.8 Å². The van der Waals surface area contributed by atoms with Crippen molar-refractivity contribution in [2.45, 2.75) is 6.92 Å². The van der Waals surface area contributed by atoms with Gasteiger partial charge in [0.15, 0.2) is 0 Å². The Kier molecular flexibility index (Phi) is 2.68. The van der Waals surface area contributed by atoms with Crippen LogP contribution in [0.3, 0.4) is 0 Å². The number of rotatable bonds is 1. The Balaban J connectivity index is 3.09. The molecular formula is C8H8ClNO2. The zero-order valence-electron chi connectivity index (χ0n) is 6.47. The van der Waals surface area contributed by atoms with Gasteiger partial charge in [-0.1, -0.05) is 11.6 Å². The van der Waals surface area contributed by atoms with Crippen molar-refractivity contribution < 1.29 is 10.0 Å². The number of benzene rings is 1. The monoisotopic (exact) mass is 185 g/mol. The minimum absolute atomic E-state index is 0.418. The molecule has 1 aromatic carbocycles.